The average molecular weight is 198 g/mol. The van der Waals surface area contributed by atoms with Crippen LogP contribution in [0.1, 0.15) is 17.3 Å². The number of carbonyl (C=O) groups is 1. The predicted molar refractivity (Wildman–Crippen MR) is 50.0 cm³/mol. The molecule has 14 heavy (non-hydrogen) atoms. The van der Waals surface area contributed by atoms with Crippen LogP contribution < -0.4 is 0 Å². The van der Waals surface area contributed by atoms with Crippen molar-refractivity contribution in [1.29, 1.82) is 0 Å². The molecule has 1 rings (SSSR count). The summed E-state index contributed by atoms with van der Waals surface area (Å²) in [6.07, 6.45) is 2.34. The maximum atomic E-state index is 11.6. The van der Waals surface area contributed by atoms with Gasteiger partial charge in [0.2, 0.25) is 12.1 Å². The second kappa shape index (κ2) is 4.88. The summed E-state index contributed by atoms with van der Waals surface area (Å²) in [5.41, 5.74) is 0.501. The second-order valence-corrected chi connectivity index (χ2v) is 2.75. The molecule has 0 aliphatic rings. The summed E-state index contributed by atoms with van der Waals surface area (Å²) in [5, 5.41) is 3.99. The first-order valence-corrected chi connectivity index (χ1v) is 4.35. The lowest BCUT2D eigenvalue weighted by atomic mass is 10.2. The molecule has 0 aliphatic heterocycles. The summed E-state index contributed by atoms with van der Waals surface area (Å²) < 4.78 is 11.4. The number of ketones is 1. The van der Waals surface area contributed by atoms with Crippen molar-refractivity contribution in [1.82, 2.24) is 9.78 Å². The fraction of sp³-hybridized carbons (Fsp3) is 0.556. The Hall–Kier alpha value is -1.20. The van der Waals surface area contributed by atoms with E-state index in [-0.39, 0.29) is 5.78 Å². The number of aryl methyl sites for hydroxylation is 1. The molecule has 0 aromatic carbocycles. The standard InChI is InChI=1S/C9H14N2O3/c1-4-11-6-7(5-10-11)8(12)9(13-2)14-3/h5-6,9H,4H2,1-3H3. The number of rotatable bonds is 5. The third-order valence-electron chi connectivity index (χ3n) is 1.88. The molecule has 1 aromatic rings. The van der Waals surface area contributed by atoms with Crippen LogP contribution in [0.25, 0.3) is 0 Å². The number of hydrogen-bond acceptors (Lipinski definition) is 4. The van der Waals surface area contributed by atoms with Gasteiger partial charge in [-0.2, -0.15) is 5.10 Å². The fourth-order valence-electron chi connectivity index (χ4n) is 1.11. The van der Waals surface area contributed by atoms with Crippen molar-refractivity contribution in [2.24, 2.45) is 0 Å². The van der Waals surface area contributed by atoms with Crippen LogP contribution in [0, 0.1) is 0 Å². The van der Waals surface area contributed by atoms with Crippen LogP contribution in [0.2, 0.25) is 0 Å². The molecule has 1 heterocycles. The number of hydrogen-bond donors (Lipinski definition) is 0. The van der Waals surface area contributed by atoms with E-state index >= 15 is 0 Å². The first-order chi connectivity index (χ1) is 6.72. The van der Waals surface area contributed by atoms with Gasteiger partial charge in [-0.25, -0.2) is 0 Å². The van der Waals surface area contributed by atoms with Crippen molar-refractivity contribution in [2.75, 3.05) is 14.2 Å². The summed E-state index contributed by atoms with van der Waals surface area (Å²) >= 11 is 0. The average Bonchev–Trinajstić information content (AvgIpc) is 2.67. The molecule has 0 unspecified atom stereocenters. The van der Waals surface area contributed by atoms with Crippen molar-refractivity contribution in [2.45, 2.75) is 19.8 Å². The lowest BCUT2D eigenvalue weighted by Gasteiger charge is -2.09. The van der Waals surface area contributed by atoms with Crippen molar-refractivity contribution >= 4 is 5.78 Å². The van der Waals surface area contributed by atoms with Crippen LogP contribution in [0.15, 0.2) is 12.4 Å². The Balaban J connectivity index is 2.77. The molecule has 0 aliphatic carbocycles. The van der Waals surface area contributed by atoms with Gasteiger partial charge in [-0.3, -0.25) is 9.48 Å². The third-order valence-corrected chi connectivity index (χ3v) is 1.88. The van der Waals surface area contributed by atoms with E-state index in [1.807, 2.05) is 6.92 Å². The van der Waals surface area contributed by atoms with Crippen LogP contribution in [0.5, 0.6) is 0 Å². The quantitative estimate of drug-likeness (QED) is 0.516. The van der Waals surface area contributed by atoms with Gasteiger partial charge in [0, 0.05) is 27.0 Å². The molecule has 0 bridgehead atoms. The van der Waals surface area contributed by atoms with E-state index in [4.69, 9.17) is 9.47 Å². The second-order valence-electron chi connectivity index (χ2n) is 2.75. The van der Waals surface area contributed by atoms with Crippen LogP contribution in [-0.4, -0.2) is 36.1 Å². The van der Waals surface area contributed by atoms with Crippen LogP contribution in [-0.2, 0) is 16.0 Å². The molecule has 0 fully saturated rings. The van der Waals surface area contributed by atoms with Gasteiger partial charge in [-0.1, -0.05) is 0 Å². The first kappa shape index (κ1) is 10.9. The Bertz CT molecular complexity index is 305. The Kier molecular flexibility index (Phi) is 3.79. The minimum atomic E-state index is -0.843. The zero-order chi connectivity index (χ0) is 10.6. The molecule has 0 saturated heterocycles. The number of ether oxygens (including phenoxy) is 2. The van der Waals surface area contributed by atoms with E-state index in [2.05, 4.69) is 5.10 Å². The maximum absolute atomic E-state index is 11.6. The summed E-state index contributed by atoms with van der Waals surface area (Å²) in [6.45, 7) is 2.68. The number of nitrogens with zero attached hydrogens (tertiary/aromatic N) is 2. The molecule has 0 amide bonds. The maximum Gasteiger partial charge on any atom is 0.222 e. The number of methoxy groups -OCH3 is 2. The minimum Gasteiger partial charge on any atom is -0.349 e. The zero-order valence-corrected chi connectivity index (χ0v) is 8.56. The largest absolute Gasteiger partial charge is 0.349 e. The topological polar surface area (TPSA) is 53.4 Å². The molecule has 78 valence electrons. The van der Waals surface area contributed by atoms with E-state index in [1.165, 1.54) is 20.4 Å². The van der Waals surface area contributed by atoms with Gasteiger partial charge >= 0.3 is 0 Å². The van der Waals surface area contributed by atoms with Gasteiger partial charge in [-0.05, 0) is 6.92 Å². The zero-order valence-electron chi connectivity index (χ0n) is 8.56. The third kappa shape index (κ3) is 2.18. The molecule has 5 heteroatoms. The Morgan fingerprint density at radius 3 is 2.64 bits per heavy atom. The lowest BCUT2D eigenvalue weighted by Crippen LogP contribution is -2.24. The lowest BCUT2D eigenvalue weighted by molar-refractivity contribution is -0.0742. The molecular weight excluding hydrogens is 184 g/mol. The molecular formula is C9H14N2O3. The van der Waals surface area contributed by atoms with Gasteiger partial charge in [0.05, 0.1) is 11.8 Å². The highest BCUT2D eigenvalue weighted by atomic mass is 16.7. The summed E-state index contributed by atoms with van der Waals surface area (Å²) in [6, 6.07) is 0. The molecule has 0 radical (unpaired) electrons. The molecule has 0 N–H and O–H groups in total. The van der Waals surface area contributed by atoms with Gasteiger partial charge in [0.1, 0.15) is 0 Å². The number of carbonyl (C=O) groups excluding carboxylic acids is 1. The van der Waals surface area contributed by atoms with Crippen molar-refractivity contribution in [3.63, 3.8) is 0 Å². The minimum absolute atomic E-state index is 0.213. The van der Waals surface area contributed by atoms with Gasteiger partial charge < -0.3 is 9.47 Å². The van der Waals surface area contributed by atoms with E-state index in [9.17, 15) is 4.79 Å². The molecule has 0 saturated carbocycles. The van der Waals surface area contributed by atoms with Crippen molar-refractivity contribution in [3.05, 3.63) is 18.0 Å². The smallest absolute Gasteiger partial charge is 0.222 e. The molecule has 1 aromatic heterocycles. The molecule has 0 atom stereocenters. The van der Waals surface area contributed by atoms with Gasteiger partial charge in [0.15, 0.2) is 0 Å². The highest BCUT2D eigenvalue weighted by Gasteiger charge is 2.19. The van der Waals surface area contributed by atoms with E-state index in [0.717, 1.165) is 6.54 Å². The Morgan fingerprint density at radius 1 is 1.57 bits per heavy atom. The summed E-state index contributed by atoms with van der Waals surface area (Å²) in [7, 11) is 2.85. The molecule has 0 spiro atoms. The van der Waals surface area contributed by atoms with Crippen LogP contribution >= 0.6 is 0 Å². The summed E-state index contributed by atoms with van der Waals surface area (Å²) in [4.78, 5) is 11.6. The SMILES string of the molecule is CCn1cc(C(=O)C(OC)OC)cn1. The van der Waals surface area contributed by atoms with E-state index in [1.54, 1.807) is 10.9 Å². The van der Waals surface area contributed by atoms with Gasteiger partial charge in [-0.15, -0.1) is 0 Å². The van der Waals surface area contributed by atoms with Crippen LogP contribution in [0.4, 0.5) is 0 Å². The highest BCUT2D eigenvalue weighted by molar-refractivity contribution is 5.98. The normalized spacial score (nSPS) is 10.9. The van der Waals surface area contributed by atoms with Crippen molar-refractivity contribution < 1.29 is 14.3 Å². The number of aromatic nitrogens is 2. The Morgan fingerprint density at radius 2 is 2.21 bits per heavy atom. The molecule has 5 nitrogen and oxygen atoms in total. The van der Waals surface area contributed by atoms with Crippen LogP contribution in [0.3, 0.4) is 0 Å². The number of Topliss-reactive ketones (excluding diaryl/α,β-unsaturated/α-hetero) is 1. The van der Waals surface area contributed by atoms with Gasteiger partial charge in [0.25, 0.3) is 0 Å². The van der Waals surface area contributed by atoms with E-state index in [0.29, 0.717) is 5.56 Å². The van der Waals surface area contributed by atoms with Crippen molar-refractivity contribution in [3.8, 4) is 0 Å². The first-order valence-electron chi connectivity index (χ1n) is 4.35. The summed E-state index contributed by atoms with van der Waals surface area (Å²) in [5.74, 6) is -0.213. The highest BCUT2D eigenvalue weighted by Crippen LogP contribution is 2.05. The Labute approximate surface area is 82.6 Å². The monoisotopic (exact) mass is 198 g/mol. The van der Waals surface area contributed by atoms with E-state index < -0.39 is 6.29 Å². The fourth-order valence-corrected chi connectivity index (χ4v) is 1.11. The predicted octanol–water partition coefficient (Wildman–Crippen LogP) is 0.705.